The van der Waals surface area contributed by atoms with Gasteiger partial charge in [-0.3, -0.25) is 10.4 Å². The summed E-state index contributed by atoms with van der Waals surface area (Å²) in [5.41, 5.74) is 3.82. The number of anilines is 1. The molecule has 0 amide bonds. The maximum Gasteiger partial charge on any atom is 2.00 e. The molecule has 1 heterocycles. The Labute approximate surface area is 206 Å². The second-order valence-electron chi connectivity index (χ2n) is 7.26. The number of methoxy groups -OCH3 is 1. The maximum atomic E-state index is 10.1. The molecule has 8 heteroatoms. The first-order valence-corrected chi connectivity index (χ1v) is 11.5. The Bertz CT molecular complexity index is 931. The predicted octanol–water partition coefficient (Wildman–Crippen LogP) is 4.76. The summed E-state index contributed by atoms with van der Waals surface area (Å²) in [4.78, 5) is 9.34. The molecule has 1 fully saturated rings. The molecule has 1 aromatic carbocycles. The van der Waals surface area contributed by atoms with Crippen LogP contribution < -0.4 is 10.0 Å². The molecule has 1 aliphatic carbocycles. The second-order valence-corrected chi connectivity index (χ2v) is 9.08. The number of imidazole rings is 1. The summed E-state index contributed by atoms with van der Waals surface area (Å²) in [6, 6.07) is 4.72. The third-order valence-electron chi connectivity index (χ3n) is 5.17. The van der Waals surface area contributed by atoms with Crippen molar-refractivity contribution in [1.82, 2.24) is 14.7 Å². The maximum absolute atomic E-state index is 10.1. The normalized spacial score (nSPS) is 16.1. The summed E-state index contributed by atoms with van der Waals surface area (Å²) in [7, 11) is 1.45. The number of H-pyrrole nitrogens is 1. The fraction of sp³-hybridized carbons (Fsp3) is 0.500. The number of nitrogens with one attached hydrogen (secondary N) is 3. The van der Waals surface area contributed by atoms with Gasteiger partial charge in [0.15, 0.2) is 0 Å². The van der Waals surface area contributed by atoms with E-state index in [2.05, 4.69) is 39.5 Å². The number of ether oxygens (including phenoxy) is 1. The van der Waals surface area contributed by atoms with Crippen LogP contribution in [0.25, 0.3) is 22.0 Å². The molecule has 0 saturated heterocycles. The Morgan fingerprint density at radius 1 is 1.40 bits per heavy atom. The van der Waals surface area contributed by atoms with Gasteiger partial charge >= 0.3 is 31.1 Å². The summed E-state index contributed by atoms with van der Waals surface area (Å²) in [6.07, 6.45) is 8.16. The zero-order valence-corrected chi connectivity index (χ0v) is 23.2. The fourth-order valence-electron chi connectivity index (χ4n) is 3.77. The number of aromatic amines is 1. The Kier molecular flexibility index (Phi) is 10.3. The van der Waals surface area contributed by atoms with E-state index in [1.807, 2.05) is 13.0 Å². The van der Waals surface area contributed by atoms with Gasteiger partial charge in [-0.25, -0.2) is 16.6 Å². The SMILES string of the molecule is C[C-]=C(C(C)=[N-])c1cc(/S(=C/C)NC2CCCC2)c2nc(NCCOC)[nH]c2c1.[U+2]. The van der Waals surface area contributed by atoms with Gasteiger partial charge in [-0.05, 0) is 25.1 Å². The van der Waals surface area contributed by atoms with E-state index in [1.54, 1.807) is 14.0 Å². The molecule has 1 atom stereocenters. The standard InChI is InChI=1S/C22H31N5OS.U/c1-5-18(15(3)23)16-13-19-21(26-22(25-19)24-11-12-28-4)20(14-16)29(6-2)27-17-9-7-8-10-17;/h6,13-14,17,27H,7-12H2,1-4H3,(H2,24,25,26);/q-2;+2. The molecule has 1 unspecified atom stereocenters. The van der Waals surface area contributed by atoms with Crippen LogP contribution in [-0.4, -0.2) is 47.4 Å². The number of rotatable bonds is 9. The first-order valence-electron chi connectivity index (χ1n) is 10.2. The Balaban J connectivity index is 0.00000320. The van der Waals surface area contributed by atoms with E-state index in [-0.39, 0.29) is 47.5 Å². The number of fused-ring (bicyclic) bond motifs is 1. The predicted molar refractivity (Wildman–Crippen MR) is 126 cm³/mol. The minimum absolute atomic E-state index is 0. The van der Waals surface area contributed by atoms with Crippen molar-refractivity contribution in [3.8, 4) is 0 Å². The van der Waals surface area contributed by atoms with Crippen molar-refractivity contribution in [2.45, 2.75) is 57.4 Å². The van der Waals surface area contributed by atoms with Gasteiger partial charge in [0, 0.05) is 24.6 Å². The van der Waals surface area contributed by atoms with Gasteiger partial charge in [-0.2, -0.15) is 0 Å². The van der Waals surface area contributed by atoms with E-state index in [0.717, 1.165) is 33.0 Å². The average Bonchev–Trinajstić information content (AvgIpc) is 3.35. The summed E-state index contributed by atoms with van der Waals surface area (Å²) < 4.78 is 8.95. The van der Waals surface area contributed by atoms with E-state index in [1.165, 1.54) is 25.7 Å². The molecule has 160 valence electrons. The van der Waals surface area contributed by atoms with Gasteiger partial charge in [0.25, 0.3) is 0 Å². The number of benzene rings is 1. The molecule has 0 bridgehead atoms. The van der Waals surface area contributed by atoms with Crippen LogP contribution in [-0.2, 0) is 4.74 Å². The Morgan fingerprint density at radius 2 is 2.13 bits per heavy atom. The monoisotopic (exact) mass is 651 g/mol. The van der Waals surface area contributed by atoms with Gasteiger partial charge in [-0.1, -0.05) is 42.6 Å². The van der Waals surface area contributed by atoms with Gasteiger partial charge in [-0.15, -0.1) is 12.5 Å². The first-order chi connectivity index (χ1) is 14.1. The third kappa shape index (κ3) is 6.08. The van der Waals surface area contributed by atoms with Crippen LogP contribution in [0, 0.1) is 37.2 Å². The molecule has 0 aliphatic heterocycles. The minimum Gasteiger partial charge on any atom is -0.876 e. The van der Waals surface area contributed by atoms with Crippen molar-refractivity contribution in [3.05, 3.63) is 29.2 Å². The van der Waals surface area contributed by atoms with E-state index in [4.69, 9.17) is 9.72 Å². The van der Waals surface area contributed by atoms with Crippen LogP contribution in [0.1, 0.15) is 52.0 Å². The Hall–Kier alpha value is -0.908. The zero-order chi connectivity index (χ0) is 20.8. The van der Waals surface area contributed by atoms with Crippen LogP contribution in [0.4, 0.5) is 5.95 Å². The quantitative estimate of drug-likeness (QED) is 0.158. The van der Waals surface area contributed by atoms with Crippen molar-refractivity contribution in [2.75, 3.05) is 25.6 Å². The van der Waals surface area contributed by atoms with Crippen LogP contribution in [0.5, 0.6) is 0 Å². The van der Waals surface area contributed by atoms with Crippen LogP contribution >= 0.6 is 10.7 Å². The van der Waals surface area contributed by atoms with Gasteiger partial charge < -0.3 is 20.4 Å². The van der Waals surface area contributed by atoms with Crippen molar-refractivity contribution < 1.29 is 35.9 Å². The molecule has 2 aromatic rings. The fourth-order valence-corrected chi connectivity index (χ4v) is 5.50. The number of aromatic nitrogens is 2. The zero-order valence-electron chi connectivity index (χ0n) is 18.3. The van der Waals surface area contributed by atoms with Crippen LogP contribution in [0.2, 0.25) is 0 Å². The summed E-state index contributed by atoms with van der Waals surface area (Å²) in [5, 5.41) is 15.6. The van der Waals surface area contributed by atoms with Gasteiger partial charge in [0.05, 0.1) is 12.1 Å². The number of hydrogen-bond acceptors (Lipinski definition) is 4. The van der Waals surface area contributed by atoms with Crippen molar-refractivity contribution in [1.29, 1.82) is 0 Å². The first kappa shape index (κ1) is 25.4. The van der Waals surface area contributed by atoms with Crippen LogP contribution in [0.3, 0.4) is 0 Å². The number of hydrogen-bond donors (Lipinski definition) is 3. The topological polar surface area (TPSA) is 84.3 Å². The van der Waals surface area contributed by atoms with Crippen molar-refractivity contribution >= 4 is 44.3 Å². The molecule has 3 rings (SSSR count). The summed E-state index contributed by atoms with van der Waals surface area (Å²) >= 11 is 0. The molecule has 1 aliphatic rings. The molecular formula is C22H31N5OSU. The van der Waals surface area contributed by atoms with Crippen LogP contribution in [0.15, 0.2) is 17.0 Å². The van der Waals surface area contributed by atoms with Crippen molar-refractivity contribution in [3.63, 3.8) is 0 Å². The van der Waals surface area contributed by atoms with Gasteiger partial charge in [0.2, 0.25) is 5.95 Å². The largest absolute Gasteiger partial charge is 2.00 e. The molecule has 3 N–H and O–H groups in total. The summed E-state index contributed by atoms with van der Waals surface area (Å²) in [6.45, 7) is 6.92. The van der Waals surface area contributed by atoms with E-state index < -0.39 is 0 Å². The molecule has 0 spiro atoms. The second kappa shape index (κ2) is 12.2. The van der Waals surface area contributed by atoms with E-state index in [0.29, 0.717) is 19.2 Å². The molecule has 6 nitrogen and oxygen atoms in total. The third-order valence-corrected chi connectivity index (χ3v) is 7.02. The Morgan fingerprint density at radius 3 is 2.73 bits per heavy atom. The molecule has 1 aromatic heterocycles. The summed E-state index contributed by atoms with van der Waals surface area (Å²) in [5.74, 6) is 0.728. The molecule has 0 radical (unpaired) electrons. The van der Waals surface area contributed by atoms with Crippen molar-refractivity contribution in [2.24, 2.45) is 0 Å². The van der Waals surface area contributed by atoms with Gasteiger partial charge in [0.1, 0.15) is 5.52 Å². The minimum atomic E-state index is -0.237. The average molecular weight is 652 g/mol. The van der Waals surface area contributed by atoms with E-state index >= 15 is 0 Å². The number of allylic oxidation sites excluding steroid dienone is 2. The molecule has 1 saturated carbocycles. The molecule has 30 heavy (non-hydrogen) atoms. The van der Waals surface area contributed by atoms with E-state index in [9.17, 15) is 5.41 Å². The smallest absolute Gasteiger partial charge is 0.876 e. The number of nitrogens with zero attached hydrogens (tertiary/aromatic N) is 2. The molecular weight excluding hydrogens is 620 g/mol.